The summed E-state index contributed by atoms with van der Waals surface area (Å²) in [6.07, 6.45) is -4.76. The highest BCUT2D eigenvalue weighted by atomic mass is 19.4. The number of nitrogens with zero attached hydrogens (tertiary/aromatic N) is 2. The molecule has 0 bridgehead atoms. The molecule has 0 saturated carbocycles. The van der Waals surface area contributed by atoms with E-state index in [-0.39, 0.29) is 5.75 Å². The predicted molar refractivity (Wildman–Crippen MR) is 85.5 cm³/mol. The molecule has 1 heterocycles. The van der Waals surface area contributed by atoms with Gasteiger partial charge in [0.15, 0.2) is 0 Å². The third kappa shape index (κ3) is 4.38. The Bertz CT molecular complexity index is 903. The normalized spacial score (nSPS) is 11.2. The summed E-state index contributed by atoms with van der Waals surface area (Å²) in [7, 11) is 0. The van der Waals surface area contributed by atoms with Crippen LogP contribution in [-0.4, -0.2) is 22.4 Å². The summed E-state index contributed by atoms with van der Waals surface area (Å²) in [6.45, 7) is 1.67. The van der Waals surface area contributed by atoms with Crippen molar-refractivity contribution in [3.8, 4) is 17.1 Å². The van der Waals surface area contributed by atoms with Crippen LogP contribution < -0.4 is 10.1 Å². The topological polar surface area (TPSA) is 77.2 Å². The van der Waals surface area contributed by atoms with Gasteiger partial charge in [-0.3, -0.25) is 4.79 Å². The van der Waals surface area contributed by atoms with Crippen molar-refractivity contribution in [3.05, 3.63) is 60.0 Å². The lowest BCUT2D eigenvalue weighted by atomic mass is 10.1. The van der Waals surface area contributed by atoms with Gasteiger partial charge in [-0.1, -0.05) is 17.3 Å². The highest BCUT2D eigenvalue weighted by Crippen LogP contribution is 2.24. The molecule has 0 fully saturated rings. The smallest absolute Gasteiger partial charge is 0.406 e. The molecule has 6 nitrogen and oxygen atoms in total. The summed E-state index contributed by atoms with van der Waals surface area (Å²) >= 11 is 0. The summed E-state index contributed by atoms with van der Waals surface area (Å²) in [5.41, 5.74) is 1.39. The standard InChI is InChI=1S/C17H12F3N3O3/c1-10-21-15(23-26-10)11-2-4-12(5-3-11)16(24)22-13-6-8-14(9-7-13)25-17(18,19)20/h2-9H,1H3,(H,22,24). The van der Waals surface area contributed by atoms with Crippen LogP contribution in [0.15, 0.2) is 53.1 Å². The first-order chi connectivity index (χ1) is 12.3. The molecule has 1 aromatic heterocycles. The van der Waals surface area contributed by atoms with E-state index in [9.17, 15) is 18.0 Å². The summed E-state index contributed by atoms with van der Waals surface area (Å²) in [5, 5.41) is 6.37. The van der Waals surface area contributed by atoms with Gasteiger partial charge in [0, 0.05) is 23.7 Å². The zero-order valence-corrected chi connectivity index (χ0v) is 13.4. The van der Waals surface area contributed by atoms with Gasteiger partial charge in [-0.25, -0.2) is 0 Å². The minimum Gasteiger partial charge on any atom is -0.406 e. The van der Waals surface area contributed by atoms with Crippen LogP contribution >= 0.6 is 0 Å². The number of alkyl halides is 3. The molecule has 0 aliphatic rings. The van der Waals surface area contributed by atoms with Crippen molar-refractivity contribution >= 4 is 11.6 Å². The van der Waals surface area contributed by atoms with Crippen molar-refractivity contribution in [2.45, 2.75) is 13.3 Å². The molecule has 0 aliphatic heterocycles. The van der Waals surface area contributed by atoms with Gasteiger partial charge in [-0.05, 0) is 36.4 Å². The fourth-order valence-electron chi connectivity index (χ4n) is 2.13. The van der Waals surface area contributed by atoms with Crippen LogP contribution in [0.3, 0.4) is 0 Å². The van der Waals surface area contributed by atoms with Crippen molar-refractivity contribution in [1.29, 1.82) is 0 Å². The predicted octanol–water partition coefficient (Wildman–Crippen LogP) is 4.20. The van der Waals surface area contributed by atoms with E-state index in [1.165, 1.54) is 12.1 Å². The molecule has 0 radical (unpaired) electrons. The third-order valence-corrected chi connectivity index (χ3v) is 3.28. The zero-order valence-electron chi connectivity index (χ0n) is 13.4. The number of halogens is 3. The second kappa shape index (κ2) is 6.87. The average molecular weight is 363 g/mol. The van der Waals surface area contributed by atoms with Gasteiger partial charge in [-0.15, -0.1) is 13.2 Å². The van der Waals surface area contributed by atoms with Gasteiger partial charge in [0.05, 0.1) is 0 Å². The lowest BCUT2D eigenvalue weighted by Gasteiger charge is -2.10. The highest BCUT2D eigenvalue weighted by Gasteiger charge is 2.30. The highest BCUT2D eigenvalue weighted by molar-refractivity contribution is 6.04. The molecule has 1 N–H and O–H groups in total. The summed E-state index contributed by atoms with van der Waals surface area (Å²) in [6, 6.07) is 11.4. The van der Waals surface area contributed by atoms with E-state index in [1.807, 2.05) is 0 Å². The Hall–Kier alpha value is -3.36. The van der Waals surface area contributed by atoms with Gasteiger partial charge in [-0.2, -0.15) is 4.98 Å². The molecule has 3 aromatic rings. The van der Waals surface area contributed by atoms with E-state index in [4.69, 9.17) is 4.52 Å². The zero-order chi connectivity index (χ0) is 18.7. The molecule has 0 atom stereocenters. The fraction of sp³-hybridized carbons (Fsp3) is 0.118. The maximum atomic E-state index is 12.2. The van der Waals surface area contributed by atoms with E-state index in [0.717, 1.165) is 12.1 Å². The van der Waals surface area contributed by atoms with Crippen molar-refractivity contribution in [3.63, 3.8) is 0 Å². The fourth-order valence-corrected chi connectivity index (χ4v) is 2.13. The number of ether oxygens (including phenoxy) is 1. The number of hydrogen-bond acceptors (Lipinski definition) is 5. The van der Waals surface area contributed by atoms with Gasteiger partial charge < -0.3 is 14.6 Å². The maximum absolute atomic E-state index is 12.2. The Morgan fingerprint density at radius 1 is 1.08 bits per heavy atom. The molecule has 0 saturated heterocycles. The van der Waals surface area contributed by atoms with Crippen LogP contribution in [0.2, 0.25) is 0 Å². The van der Waals surface area contributed by atoms with Gasteiger partial charge in [0.25, 0.3) is 5.91 Å². The number of carbonyl (C=O) groups is 1. The molecule has 26 heavy (non-hydrogen) atoms. The largest absolute Gasteiger partial charge is 0.573 e. The quantitative estimate of drug-likeness (QED) is 0.752. The first kappa shape index (κ1) is 17.5. The number of aryl methyl sites for hydroxylation is 1. The number of hydrogen-bond donors (Lipinski definition) is 1. The third-order valence-electron chi connectivity index (χ3n) is 3.28. The lowest BCUT2D eigenvalue weighted by molar-refractivity contribution is -0.274. The maximum Gasteiger partial charge on any atom is 0.573 e. The molecule has 0 unspecified atom stereocenters. The SMILES string of the molecule is Cc1nc(-c2ccc(C(=O)Nc3ccc(OC(F)(F)F)cc3)cc2)no1. The number of carbonyl (C=O) groups excluding carboxylic acids is 1. The summed E-state index contributed by atoms with van der Waals surface area (Å²) in [4.78, 5) is 16.3. The number of amides is 1. The first-order valence-electron chi connectivity index (χ1n) is 7.38. The second-order valence-electron chi connectivity index (χ2n) is 5.24. The van der Waals surface area contributed by atoms with Crippen molar-refractivity contribution in [2.75, 3.05) is 5.32 Å². The van der Waals surface area contributed by atoms with E-state index in [2.05, 4.69) is 20.2 Å². The monoisotopic (exact) mass is 363 g/mol. The Morgan fingerprint density at radius 2 is 1.73 bits per heavy atom. The van der Waals surface area contributed by atoms with E-state index in [1.54, 1.807) is 31.2 Å². The Labute approximate surface area is 145 Å². The number of rotatable bonds is 4. The van der Waals surface area contributed by atoms with Gasteiger partial charge >= 0.3 is 6.36 Å². The molecule has 134 valence electrons. The number of benzene rings is 2. The van der Waals surface area contributed by atoms with Gasteiger partial charge in [0.2, 0.25) is 11.7 Å². The van der Waals surface area contributed by atoms with Crippen LogP contribution in [-0.2, 0) is 0 Å². The molecule has 0 aliphatic carbocycles. The van der Waals surface area contributed by atoms with E-state index in [0.29, 0.717) is 28.5 Å². The average Bonchev–Trinajstić information content (AvgIpc) is 3.02. The Balaban J connectivity index is 1.66. The van der Waals surface area contributed by atoms with E-state index >= 15 is 0 Å². The van der Waals surface area contributed by atoms with Crippen molar-refractivity contribution < 1.29 is 27.2 Å². The minimum absolute atomic E-state index is 0.336. The molecule has 3 rings (SSSR count). The second-order valence-corrected chi connectivity index (χ2v) is 5.24. The minimum atomic E-state index is -4.76. The van der Waals surface area contributed by atoms with E-state index < -0.39 is 12.3 Å². The Kier molecular flexibility index (Phi) is 4.61. The molecule has 2 aromatic carbocycles. The van der Waals surface area contributed by atoms with Crippen LogP contribution in [0, 0.1) is 6.92 Å². The number of anilines is 1. The molecular weight excluding hydrogens is 351 g/mol. The molecule has 9 heteroatoms. The molecular formula is C17H12F3N3O3. The lowest BCUT2D eigenvalue weighted by Crippen LogP contribution is -2.17. The van der Waals surface area contributed by atoms with Crippen molar-refractivity contribution in [2.24, 2.45) is 0 Å². The first-order valence-corrected chi connectivity index (χ1v) is 7.38. The summed E-state index contributed by atoms with van der Waals surface area (Å²) < 4.78 is 45.0. The number of aromatic nitrogens is 2. The van der Waals surface area contributed by atoms with Crippen molar-refractivity contribution in [1.82, 2.24) is 10.1 Å². The molecule has 1 amide bonds. The summed E-state index contributed by atoms with van der Waals surface area (Å²) in [5.74, 6) is 0.0649. The number of nitrogens with one attached hydrogen (secondary N) is 1. The van der Waals surface area contributed by atoms with Crippen LogP contribution in [0.5, 0.6) is 5.75 Å². The molecule has 0 spiro atoms. The van der Waals surface area contributed by atoms with Crippen LogP contribution in [0.4, 0.5) is 18.9 Å². The Morgan fingerprint density at radius 3 is 2.27 bits per heavy atom. The van der Waals surface area contributed by atoms with Crippen LogP contribution in [0.1, 0.15) is 16.2 Å². The van der Waals surface area contributed by atoms with Gasteiger partial charge in [0.1, 0.15) is 5.75 Å². The van der Waals surface area contributed by atoms with Crippen LogP contribution in [0.25, 0.3) is 11.4 Å².